The van der Waals surface area contributed by atoms with E-state index in [9.17, 15) is 18.0 Å². The van der Waals surface area contributed by atoms with Crippen molar-refractivity contribution in [1.29, 1.82) is 0 Å². The van der Waals surface area contributed by atoms with Crippen LogP contribution in [0.4, 0.5) is 13.2 Å². The second-order valence-corrected chi connectivity index (χ2v) is 6.20. The van der Waals surface area contributed by atoms with Crippen LogP contribution in [0.15, 0.2) is 35.4 Å². The Kier molecular flexibility index (Phi) is 4.28. The van der Waals surface area contributed by atoms with Crippen LogP contribution in [0.3, 0.4) is 0 Å². The molecule has 0 radical (unpaired) electrons. The first-order valence-electron chi connectivity index (χ1n) is 6.33. The highest BCUT2D eigenvalue weighted by Gasteiger charge is 2.31. The van der Waals surface area contributed by atoms with Crippen molar-refractivity contribution < 1.29 is 22.7 Å². The topological polar surface area (TPSA) is 69.0 Å². The molecule has 1 aromatic carbocycles. The Labute approximate surface area is 142 Å². The second kappa shape index (κ2) is 6.24. The van der Waals surface area contributed by atoms with Gasteiger partial charge in [0.1, 0.15) is 15.8 Å². The number of aromatic nitrogens is 3. The molecule has 0 spiro atoms. The first-order valence-corrected chi connectivity index (χ1v) is 7.56. The predicted octanol–water partition coefficient (Wildman–Crippen LogP) is 2.65. The van der Waals surface area contributed by atoms with Crippen LogP contribution in [0.1, 0.15) is 5.69 Å². The van der Waals surface area contributed by atoms with Crippen LogP contribution in [0.5, 0.6) is 5.75 Å². The molecule has 24 heavy (non-hydrogen) atoms. The smallest absolute Gasteiger partial charge is 0.406 e. The van der Waals surface area contributed by atoms with E-state index in [1.54, 1.807) is 0 Å². The van der Waals surface area contributed by atoms with Crippen molar-refractivity contribution in [2.45, 2.75) is 6.36 Å². The predicted molar refractivity (Wildman–Crippen MR) is 84.4 cm³/mol. The number of nitrogens with one attached hydrogen (secondary N) is 1. The van der Waals surface area contributed by atoms with Crippen LogP contribution in [0, 0.1) is 0 Å². The summed E-state index contributed by atoms with van der Waals surface area (Å²) in [7, 11) is 0. The van der Waals surface area contributed by atoms with E-state index in [4.69, 9.17) is 12.2 Å². The minimum Gasteiger partial charge on any atom is -0.406 e. The largest absolute Gasteiger partial charge is 0.573 e. The van der Waals surface area contributed by atoms with E-state index in [0.29, 0.717) is 20.6 Å². The number of thioether (sulfide) groups is 1. The van der Waals surface area contributed by atoms with Gasteiger partial charge >= 0.3 is 6.36 Å². The third-order valence-corrected chi connectivity index (χ3v) is 3.93. The normalized spacial score (nSPS) is 16.5. The van der Waals surface area contributed by atoms with E-state index in [2.05, 4.69) is 20.4 Å². The summed E-state index contributed by atoms with van der Waals surface area (Å²) in [6.45, 7) is 0. The molecule has 1 saturated heterocycles. The van der Waals surface area contributed by atoms with Gasteiger partial charge in [0, 0.05) is 0 Å². The number of rotatable bonds is 3. The molecule has 1 aliphatic heterocycles. The summed E-state index contributed by atoms with van der Waals surface area (Å²) in [5.41, 5.74) is 0.897. The van der Waals surface area contributed by atoms with Crippen LogP contribution in [0.25, 0.3) is 11.8 Å². The van der Waals surface area contributed by atoms with Crippen molar-refractivity contribution in [1.82, 2.24) is 20.3 Å². The highest BCUT2D eigenvalue weighted by atomic mass is 32.2. The SMILES string of the molecule is O=C1NC(=S)S/C1=C\c1cn(-c2ccc(OC(F)(F)F)cc2)nn1. The summed E-state index contributed by atoms with van der Waals surface area (Å²) in [6.07, 6.45) is -1.69. The Morgan fingerprint density at radius 2 is 2.00 bits per heavy atom. The Bertz CT molecular complexity index is 830. The van der Waals surface area contributed by atoms with E-state index in [1.807, 2.05) is 0 Å². The number of benzene rings is 1. The van der Waals surface area contributed by atoms with E-state index in [0.717, 1.165) is 11.8 Å². The molecular weight excluding hydrogens is 365 g/mol. The van der Waals surface area contributed by atoms with Crippen molar-refractivity contribution in [3.05, 3.63) is 41.1 Å². The van der Waals surface area contributed by atoms with E-state index < -0.39 is 6.36 Å². The number of hydrogen-bond acceptors (Lipinski definition) is 6. The lowest BCUT2D eigenvalue weighted by Gasteiger charge is -2.08. The number of carbonyl (C=O) groups is 1. The number of nitrogens with zero attached hydrogens (tertiary/aromatic N) is 3. The zero-order valence-corrected chi connectivity index (χ0v) is 13.2. The molecule has 1 N–H and O–H groups in total. The molecule has 1 aliphatic rings. The van der Waals surface area contributed by atoms with Crippen molar-refractivity contribution in [3.8, 4) is 11.4 Å². The lowest BCUT2D eigenvalue weighted by Crippen LogP contribution is -2.17. The van der Waals surface area contributed by atoms with Gasteiger partial charge in [-0.3, -0.25) is 4.79 Å². The molecule has 6 nitrogen and oxygen atoms in total. The first-order chi connectivity index (χ1) is 11.3. The van der Waals surface area contributed by atoms with Crippen molar-refractivity contribution >= 4 is 40.3 Å². The quantitative estimate of drug-likeness (QED) is 0.660. The van der Waals surface area contributed by atoms with Crippen molar-refractivity contribution in [2.75, 3.05) is 0 Å². The summed E-state index contributed by atoms with van der Waals surface area (Å²) in [6, 6.07) is 5.14. The first kappa shape index (κ1) is 16.5. The molecule has 1 aromatic heterocycles. The molecule has 11 heteroatoms. The number of alkyl halides is 3. The number of halogens is 3. The average molecular weight is 372 g/mol. The van der Waals surface area contributed by atoms with Crippen LogP contribution in [0.2, 0.25) is 0 Å². The molecule has 0 unspecified atom stereocenters. The maximum Gasteiger partial charge on any atom is 0.573 e. The number of ether oxygens (including phenoxy) is 1. The third-order valence-electron chi connectivity index (χ3n) is 2.77. The Morgan fingerprint density at radius 1 is 1.29 bits per heavy atom. The summed E-state index contributed by atoms with van der Waals surface area (Å²) in [5, 5.41) is 10.2. The van der Waals surface area contributed by atoms with Gasteiger partial charge in [0.15, 0.2) is 0 Å². The van der Waals surface area contributed by atoms with Crippen LogP contribution in [-0.2, 0) is 4.79 Å². The van der Waals surface area contributed by atoms with Gasteiger partial charge in [-0.15, -0.1) is 18.3 Å². The molecule has 2 heterocycles. The van der Waals surface area contributed by atoms with Gasteiger partial charge in [-0.2, -0.15) is 0 Å². The molecule has 3 rings (SSSR count). The maximum atomic E-state index is 12.1. The highest BCUT2D eigenvalue weighted by Crippen LogP contribution is 2.26. The van der Waals surface area contributed by atoms with Crippen LogP contribution >= 0.6 is 24.0 Å². The molecule has 1 amide bonds. The molecule has 0 bridgehead atoms. The van der Waals surface area contributed by atoms with Gasteiger partial charge in [-0.1, -0.05) is 29.2 Å². The lowest BCUT2D eigenvalue weighted by atomic mass is 10.3. The zero-order valence-electron chi connectivity index (χ0n) is 11.6. The summed E-state index contributed by atoms with van der Waals surface area (Å²) in [5.74, 6) is -0.644. The number of amides is 1. The standard InChI is InChI=1S/C13H7F3N4O2S2/c14-13(15,16)22-9-3-1-8(2-4-9)20-6-7(18-19-20)5-10-11(21)17-12(23)24-10/h1-6H,(H,17,21,23)/b10-5-. The maximum absolute atomic E-state index is 12.1. The molecule has 124 valence electrons. The molecule has 0 aliphatic carbocycles. The fraction of sp³-hybridized carbons (Fsp3) is 0.0769. The van der Waals surface area contributed by atoms with Crippen molar-refractivity contribution in [3.63, 3.8) is 0 Å². The van der Waals surface area contributed by atoms with Gasteiger partial charge in [0.25, 0.3) is 5.91 Å². The Balaban J connectivity index is 1.77. The van der Waals surface area contributed by atoms with E-state index in [1.165, 1.54) is 41.2 Å². The monoisotopic (exact) mass is 372 g/mol. The summed E-state index contributed by atoms with van der Waals surface area (Å²) >= 11 is 5.99. The summed E-state index contributed by atoms with van der Waals surface area (Å²) in [4.78, 5) is 12.0. The Morgan fingerprint density at radius 3 is 2.58 bits per heavy atom. The second-order valence-electron chi connectivity index (χ2n) is 4.48. The average Bonchev–Trinajstić information content (AvgIpc) is 3.06. The van der Waals surface area contributed by atoms with Gasteiger partial charge in [-0.05, 0) is 30.3 Å². The minimum atomic E-state index is -4.74. The van der Waals surface area contributed by atoms with Gasteiger partial charge < -0.3 is 10.1 Å². The van der Waals surface area contributed by atoms with E-state index in [-0.39, 0.29) is 11.7 Å². The molecule has 2 aromatic rings. The van der Waals surface area contributed by atoms with Gasteiger partial charge in [0.05, 0.1) is 16.8 Å². The van der Waals surface area contributed by atoms with Gasteiger partial charge in [-0.25, -0.2) is 4.68 Å². The van der Waals surface area contributed by atoms with Gasteiger partial charge in [0.2, 0.25) is 0 Å². The molecule has 0 saturated carbocycles. The molecule has 0 atom stereocenters. The zero-order chi connectivity index (χ0) is 17.3. The number of thiocarbonyl (C=S) groups is 1. The fourth-order valence-electron chi connectivity index (χ4n) is 1.82. The molecule has 1 fully saturated rings. The van der Waals surface area contributed by atoms with Crippen molar-refractivity contribution in [2.24, 2.45) is 0 Å². The minimum absolute atomic E-state index is 0.312. The molecular formula is C13H7F3N4O2S2. The number of hydrogen-bond donors (Lipinski definition) is 1. The van der Waals surface area contributed by atoms with E-state index >= 15 is 0 Å². The fourth-order valence-corrected chi connectivity index (χ4v) is 2.85. The number of carbonyl (C=O) groups excluding carboxylic acids is 1. The Hall–Kier alpha value is -2.40. The lowest BCUT2D eigenvalue weighted by molar-refractivity contribution is -0.274. The third kappa shape index (κ3) is 3.92. The van der Waals surface area contributed by atoms with Crippen LogP contribution < -0.4 is 10.1 Å². The van der Waals surface area contributed by atoms with Crippen LogP contribution in [-0.4, -0.2) is 31.6 Å². The highest BCUT2D eigenvalue weighted by molar-refractivity contribution is 8.26. The summed E-state index contributed by atoms with van der Waals surface area (Å²) < 4.78 is 41.9.